The number of hydrogen-bond acceptors (Lipinski definition) is 3. The van der Waals surface area contributed by atoms with Crippen molar-refractivity contribution in [1.82, 2.24) is 0 Å². The van der Waals surface area contributed by atoms with Crippen LogP contribution in [0, 0.1) is 5.92 Å². The molecule has 0 heterocycles. The van der Waals surface area contributed by atoms with Crippen molar-refractivity contribution in [1.29, 1.82) is 0 Å². The van der Waals surface area contributed by atoms with Crippen LogP contribution < -0.4 is 0 Å². The lowest BCUT2D eigenvalue weighted by Crippen LogP contribution is -1.94. The van der Waals surface area contributed by atoms with Gasteiger partial charge in [0, 0.05) is 19.8 Å². The zero-order chi connectivity index (χ0) is 17.3. The third-order valence-corrected chi connectivity index (χ3v) is 2.22. The lowest BCUT2D eigenvalue weighted by atomic mass is 10.0. The normalized spacial score (nSPS) is 9.00. The minimum atomic E-state index is -0.833. The lowest BCUT2D eigenvalue weighted by molar-refractivity contribution is -0.137. The van der Waals surface area contributed by atoms with Crippen molar-refractivity contribution in [3.05, 3.63) is 0 Å². The minimum absolute atomic E-state index is 0.222. The molecule has 0 fully saturated rings. The number of rotatable bonds is 8. The fourth-order valence-corrected chi connectivity index (χ4v) is 1.18. The highest BCUT2D eigenvalue weighted by molar-refractivity contribution is 5.66. The Hall–Kier alpha value is -1.59. The summed E-state index contributed by atoms with van der Waals surface area (Å²) in [6.45, 7) is 7.12. The molecule has 3 N–H and O–H groups in total. The van der Waals surface area contributed by atoms with Crippen molar-refractivity contribution in [2.24, 2.45) is 5.92 Å². The van der Waals surface area contributed by atoms with Crippen LogP contribution in [0.2, 0.25) is 0 Å². The van der Waals surface area contributed by atoms with Gasteiger partial charge in [0.2, 0.25) is 0 Å². The fraction of sp³-hybridized carbons (Fsp3) is 0.800. The van der Waals surface area contributed by atoms with Crippen LogP contribution in [0.3, 0.4) is 0 Å². The first-order valence-corrected chi connectivity index (χ1v) is 7.26. The molecule has 0 aromatic heterocycles. The predicted molar refractivity (Wildman–Crippen MR) is 81.4 cm³/mol. The molecule has 6 nitrogen and oxygen atoms in total. The van der Waals surface area contributed by atoms with E-state index in [0.29, 0.717) is 6.42 Å². The van der Waals surface area contributed by atoms with E-state index in [1.165, 1.54) is 19.3 Å². The van der Waals surface area contributed by atoms with Crippen LogP contribution in [0.15, 0.2) is 0 Å². The van der Waals surface area contributed by atoms with Gasteiger partial charge in [-0.15, -0.1) is 0 Å². The second-order valence-electron chi connectivity index (χ2n) is 5.01. The Morgan fingerprint density at radius 1 is 0.857 bits per heavy atom. The van der Waals surface area contributed by atoms with E-state index in [2.05, 4.69) is 13.8 Å². The van der Waals surface area contributed by atoms with Gasteiger partial charge >= 0.3 is 11.9 Å². The number of carboxylic acids is 3. The molecule has 0 aliphatic heterocycles. The standard InChI is InChI=1S/C10H20O2.C3H6O2.C2H4O2/c1-9(2)7-5-3-4-6-8-10(11)12;1-2-3(4)5;1-2(3)4/h9H,3-8H2,1-2H3,(H,11,12);2H2,1H3,(H,4,5);1H3,(H,3,4). The monoisotopic (exact) mass is 306 g/mol. The Morgan fingerprint density at radius 3 is 1.52 bits per heavy atom. The van der Waals surface area contributed by atoms with Gasteiger partial charge < -0.3 is 15.3 Å². The molecule has 0 amide bonds. The maximum atomic E-state index is 10.1. The third kappa shape index (κ3) is 56.0. The first kappa shape index (κ1) is 24.4. The summed E-state index contributed by atoms with van der Waals surface area (Å²) in [6.07, 6.45) is 6.17. The summed E-state index contributed by atoms with van der Waals surface area (Å²) in [5.74, 6) is -1.46. The number of hydrogen-bond donors (Lipinski definition) is 3. The molecule has 0 radical (unpaired) electrons. The van der Waals surface area contributed by atoms with Gasteiger partial charge in [0.15, 0.2) is 0 Å². The second-order valence-corrected chi connectivity index (χ2v) is 5.01. The Balaban J connectivity index is -0.000000297. The van der Waals surface area contributed by atoms with Crippen molar-refractivity contribution >= 4 is 17.9 Å². The van der Waals surface area contributed by atoms with Crippen molar-refractivity contribution in [2.45, 2.75) is 72.6 Å². The van der Waals surface area contributed by atoms with Crippen molar-refractivity contribution < 1.29 is 29.7 Å². The second kappa shape index (κ2) is 18.4. The molecule has 0 bridgehead atoms. The average molecular weight is 306 g/mol. The Kier molecular flexibility index (Phi) is 21.4. The molecule has 0 atom stereocenters. The molecular formula is C15H30O6. The number of unbranched alkanes of at least 4 members (excludes halogenated alkanes) is 3. The summed E-state index contributed by atoms with van der Waals surface area (Å²) in [5, 5.41) is 23.5. The van der Waals surface area contributed by atoms with E-state index in [1.54, 1.807) is 6.92 Å². The molecule has 21 heavy (non-hydrogen) atoms. The van der Waals surface area contributed by atoms with E-state index in [0.717, 1.165) is 25.7 Å². The molecule has 6 heteroatoms. The number of aliphatic carboxylic acids is 3. The summed E-state index contributed by atoms with van der Waals surface area (Å²) in [6, 6.07) is 0. The van der Waals surface area contributed by atoms with Crippen molar-refractivity contribution in [2.75, 3.05) is 0 Å². The molecule has 0 aromatic carbocycles. The van der Waals surface area contributed by atoms with E-state index in [9.17, 15) is 9.59 Å². The minimum Gasteiger partial charge on any atom is -0.481 e. The van der Waals surface area contributed by atoms with Gasteiger partial charge in [0.1, 0.15) is 0 Å². The first-order chi connectivity index (χ1) is 9.63. The highest BCUT2D eigenvalue weighted by Gasteiger charge is 1.97. The molecule has 0 saturated carbocycles. The summed E-state index contributed by atoms with van der Waals surface area (Å²) in [5.41, 5.74) is 0. The molecule has 0 saturated heterocycles. The van der Waals surface area contributed by atoms with Crippen LogP contribution in [0.1, 0.15) is 72.6 Å². The van der Waals surface area contributed by atoms with E-state index in [4.69, 9.17) is 20.1 Å². The highest BCUT2D eigenvalue weighted by atomic mass is 16.4. The van der Waals surface area contributed by atoms with Crippen molar-refractivity contribution in [3.8, 4) is 0 Å². The van der Waals surface area contributed by atoms with Gasteiger partial charge in [-0.3, -0.25) is 14.4 Å². The van der Waals surface area contributed by atoms with Crippen LogP contribution in [-0.2, 0) is 14.4 Å². The van der Waals surface area contributed by atoms with Crippen LogP contribution in [-0.4, -0.2) is 33.2 Å². The molecule has 0 unspecified atom stereocenters. The summed E-state index contributed by atoms with van der Waals surface area (Å²) >= 11 is 0. The van der Waals surface area contributed by atoms with Crippen molar-refractivity contribution in [3.63, 3.8) is 0 Å². The predicted octanol–water partition coefficient (Wildman–Crippen LogP) is 3.64. The third-order valence-electron chi connectivity index (χ3n) is 2.22. The largest absolute Gasteiger partial charge is 0.481 e. The molecular weight excluding hydrogens is 276 g/mol. The van der Waals surface area contributed by atoms with Gasteiger partial charge in [-0.2, -0.15) is 0 Å². The highest BCUT2D eigenvalue weighted by Crippen LogP contribution is 2.10. The van der Waals surface area contributed by atoms with Crippen LogP contribution in [0.25, 0.3) is 0 Å². The fourth-order valence-electron chi connectivity index (χ4n) is 1.18. The summed E-state index contributed by atoms with van der Waals surface area (Å²) < 4.78 is 0. The molecule has 0 spiro atoms. The molecule has 0 aliphatic rings. The van der Waals surface area contributed by atoms with Gasteiger partial charge in [0.25, 0.3) is 5.97 Å². The number of carboxylic acid groups (broad SMARTS) is 3. The quantitative estimate of drug-likeness (QED) is 0.590. The Morgan fingerprint density at radius 2 is 1.24 bits per heavy atom. The maximum Gasteiger partial charge on any atom is 0.303 e. The molecule has 0 aromatic rings. The Labute approximate surface area is 127 Å². The van der Waals surface area contributed by atoms with Gasteiger partial charge in [-0.1, -0.05) is 46.5 Å². The van der Waals surface area contributed by atoms with E-state index in [1.807, 2.05) is 0 Å². The maximum absolute atomic E-state index is 10.1. The zero-order valence-electron chi connectivity index (χ0n) is 13.6. The zero-order valence-corrected chi connectivity index (χ0v) is 13.6. The molecule has 126 valence electrons. The van der Waals surface area contributed by atoms with E-state index >= 15 is 0 Å². The van der Waals surface area contributed by atoms with Crippen LogP contribution in [0.4, 0.5) is 0 Å². The summed E-state index contributed by atoms with van der Waals surface area (Å²) in [4.78, 5) is 28.5. The van der Waals surface area contributed by atoms with E-state index < -0.39 is 17.9 Å². The number of carbonyl (C=O) groups is 3. The Bertz CT molecular complexity index is 269. The van der Waals surface area contributed by atoms with Gasteiger partial charge in [-0.05, 0) is 12.3 Å². The average Bonchev–Trinajstić information content (AvgIpc) is 2.33. The lowest BCUT2D eigenvalue weighted by Gasteiger charge is -2.02. The van der Waals surface area contributed by atoms with Crippen LogP contribution in [0.5, 0.6) is 0 Å². The molecule has 0 aliphatic carbocycles. The topological polar surface area (TPSA) is 112 Å². The molecule has 0 rings (SSSR count). The first-order valence-electron chi connectivity index (χ1n) is 7.26. The summed E-state index contributed by atoms with van der Waals surface area (Å²) in [7, 11) is 0. The smallest absolute Gasteiger partial charge is 0.303 e. The van der Waals surface area contributed by atoms with Gasteiger partial charge in [0.05, 0.1) is 0 Å². The SMILES string of the molecule is CC(=O)O.CC(C)CCCCCCC(=O)O.CCC(=O)O. The van der Waals surface area contributed by atoms with E-state index in [-0.39, 0.29) is 6.42 Å². The van der Waals surface area contributed by atoms with Gasteiger partial charge in [-0.25, -0.2) is 0 Å². The van der Waals surface area contributed by atoms with Crippen LogP contribution >= 0.6 is 0 Å².